The van der Waals surface area contributed by atoms with Crippen molar-refractivity contribution in [3.05, 3.63) is 18.2 Å². The third-order valence-electron chi connectivity index (χ3n) is 5.45. The topological polar surface area (TPSA) is 51.2 Å². The summed E-state index contributed by atoms with van der Waals surface area (Å²) < 4.78 is 16.2. The van der Waals surface area contributed by atoms with Gasteiger partial charge in [0.25, 0.3) is 0 Å². The molecule has 144 valence electrons. The minimum Gasteiger partial charge on any atom is -0.493 e. The van der Waals surface area contributed by atoms with Crippen LogP contribution in [0.4, 0.5) is 0 Å². The van der Waals surface area contributed by atoms with Crippen LogP contribution in [0.2, 0.25) is 0 Å². The van der Waals surface area contributed by atoms with Gasteiger partial charge in [0.2, 0.25) is 5.91 Å². The van der Waals surface area contributed by atoms with E-state index in [-0.39, 0.29) is 5.91 Å². The second-order valence-corrected chi connectivity index (χ2v) is 6.97. The number of carbonyl (C=O) groups is 1. The van der Waals surface area contributed by atoms with Crippen LogP contribution in [-0.2, 0) is 4.79 Å². The predicted molar refractivity (Wildman–Crippen MR) is 100 cm³/mol. The molecular weight excluding hydrogens is 332 g/mol. The molecule has 0 aromatic heterocycles. The number of amides is 1. The Balaban J connectivity index is 1.40. The van der Waals surface area contributed by atoms with E-state index in [0.717, 1.165) is 32.2 Å². The second kappa shape index (κ2) is 9.12. The molecular formula is C20H30N2O4. The average molecular weight is 362 g/mol. The van der Waals surface area contributed by atoms with Crippen molar-refractivity contribution in [1.82, 2.24) is 9.80 Å². The summed E-state index contributed by atoms with van der Waals surface area (Å²) in [6.07, 6.45) is 5.77. The monoisotopic (exact) mass is 362 g/mol. The lowest BCUT2D eigenvalue weighted by atomic mass is 10.2. The summed E-state index contributed by atoms with van der Waals surface area (Å²) in [6.45, 7) is 4.06. The summed E-state index contributed by atoms with van der Waals surface area (Å²) in [4.78, 5) is 17.0. The van der Waals surface area contributed by atoms with Crippen molar-refractivity contribution in [2.75, 3.05) is 47.0 Å². The van der Waals surface area contributed by atoms with E-state index in [4.69, 9.17) is 14.2 Å². The van der Waals surface area contributed by atoms with Gasteiger partial charge in [-0.2, -0.15) is 0 Å². The van der Waals surface area contributed by atoms with Crippen LogP contribution in [-0.4, -0.2) is 68.8 Å². The molecule has 1 saturated carbocycles. The quantitative estimate of drug-likeness (QED) is 0.746. The molecule has 0 unspecified atom stereocenters. The van der Waals surface area contributed by atoms with E-state index in [2.05, 4.69) is 4.90 Å². The molecule has 6 nitrogen and oxygen atoms in total. The van der Waals surface area contributed by atoms with Crippen molar-refractivity contribution in [3.63, 3.8) is 0 Å². The van der Waals surface area contributed by atoms with Gasteiger partial charge >= 0.3 is 0 Å². The number of piperazine rings is 1. The number of methoxy groups -OCH3 is 2. The van der Waals surface area contributed by atoms with Crippen LogP contribution in [0.1, 0.15) is 32.1 Å². The summed E-state index contributed by atoms with van der Waals surface area (Å²) in [5, 5.41) is 0. The Bertz CT molecular complexity index is 593. The van der Waals surface area contributed by atoms with Gasteiger partial charge < -0.3 is 19.1 Å². The Kier molecular flexibility index (Phi) is 6.61. The van der Waals surface area contributed by atoms with E-state index in [9.17, 15) is 4.79 Å². The van der Waals surface area contributed by atoms with Crippen molar-refractivity contribution in [2.24, 2.45) is 0 Å². The molecule has 1 aliphatic carbocycles. The zero-order valence-electron chi connectivity index (χ0n) is 15.9. The molecule has 1 amide bonds. The van der Waals surface area contributed by atoms with E-state index >= 15 is 0 Å². The van der Waals surface area contributed by atoms with Gasteiger partial charge in [0.15, 0.2) is 11.5 Å². The summed E-state index contributed by atoms with van der Waals surface area (Å²) in [5.41, 5.74) is 0. The molecule has 0 radical (unpaired) electrons. The minimum absolute atomic E-state index is 0.177. The van der Waals surface area contributed by atoms with Crippen LogP contribution >= 0.6 is 0 Å². The molecule has 0 spiro atoms. The van der Waals surface area contributed by atoms with Crippen molar-refractivity contribution < 1.29 is 19.0 Å². The highest BCUT2D eigenvalue weighted by molar-refractivity contribution is 5.76. The molecule has 1 aromatic rings. The maximum Gasteiger partial charge on any atom is 0.226 e. The summed E-state index contributed by atoms with van der Waals surface area (Å²) in [5.74, 6) is 2.15. The molecule has 3 rings (SSSR count). The Labute approximate surface area is 156 Å². The molecule has 2 aliphatic rings. The zero-order valence-corrected chi connectivity index (χ0v) is 15.9. The molecule has 2 fully saturated rings. The highest BCUT2D eigenvalue weighted by Gasteiger charge is 2.27. The maximum absolute atomic E-state index is 12.4. The lowest BCUT2D eigenvalue weighted by Gasteiger charge is -2.38. The van der Waals surface area contributed by atoms with Crippen LogP contribution in [0.3, 0.4) is 0 Å². The average Bonchev–Trinajstić information content (AvgIpc) is 3.22. The highest BCUT2D eigenvalue weighted by atomic mass is 16.5. The van der Waals surface area contributed by atoms with Crippen molar-refractivity contribution >= 4 is 5.91 Å². The van der Waals surface area contributed by atoms with Crippen LogP contribution in [0, 0.1) is 0 Å². The normalized spacial score (nSPS) is 18.8. The SMILES string of the molecule is COc1ccc(OCCC(=O)N2CCN(C3CCCC3)CC2)cc1OC. The number of carbonyl (C=O) groups excluding carboxylic acids is 1. The molecule has 0 atom stereocenters. The van der Waals surface area contributed by atoms with Gasteiger partial charge in [-0.05, 0) is 25.0 Å². The molecule has 1 heterocycles. The maximum atomic E-state index is 12.4. The van der Waals surface area contributed by atoms with E-state index in [1.54, 1.807) is 26.4 Å². The number of nitrogens with zero attached hydrogens (tertiary/aromatic N) is 2. The zero-order chi connectivity index (χ0) is 18.4. The third kappa shape index (κ3) is 4.61. The first-order chi connectivity index (χ1) is 12.7. The lowest BCUT2D eigenvalue weighted by molar-refractivity contribution is -0.133. The first-order valence-corrected chi connectivity index (χ1v) is 9.58. The van der Waals surface area contributed by atoms with E-state index in [0.29, 0.717) is 30.3 Å². The van der Waals surface area contributed by atoms with E-state index < -0.39 is 0 Å². The number of benzene rings is 1. The fourth-order valence-electron chi connectivity index (χ4n) is 3.93. The lowest BCUT2D eigenvalue weighted by Crippen LogP contribution is -2.51. The number of ether oxygens (including phenoxy) is 3. The first-order valence-electron chi connectivity index (χ1n) is 9.58. The number of rotatable bonds is 7. The molecule has 0 bridgehead atoms. The van der Waals surface area contributed by atoms with Crippen LogP contribution in [0.25, 0.3) is 0 Å². The van der Waals surface area contributed by atoms with Gasteiger partial charge in [0.1, 0.15) is 5.75 Å². The first kappa shape index (κ1) is 18.8. The summed E-state index contributed by atoms with van der Waals surface area (Å²) in [7, 11) is 3.19. The Morgan fingerprint density at radius 1 is 1.04 bits per heavy atom. The number of hydrogen-bond donors (Lipinski definition) is 0. The van der Waals surface area contributed by atoms with Crippen molar-refractivity contribution in [1.29, 1.82) is 0 Å². The van der Waals surface area contributed by atoms with Gasteiger partial charge in [0, 0.05) is 38.3 Å². The largest absolute Gasteiger partial charge is 0.493 e. The highest BCUT2D eigenvalue weighted by Crippen LogP contribution is 2.31. The van der Waals surface area contributed by atoms with Gasteiger partial charge in [-0.3, -0.25) is 9.69 Å². The second-order valence-electron chi connectivity index (χ2n) is 6.97. The van der Waals surface area contributed by atoms with E-state index in [1.807, 2.05) is 11.0 Å². The standard InChI is InChI=1S/C20H30N2O4/c1-24-18-8-7-17(15-19(18)25-2)26-14-9-20(23)22-12-10-21(11-13-22)16-5-3-4-6-16/h7-8,15-16H,3-6,9-14H2,1-2H3. The molecule has 0 N–H and O–H groups in total. The van der Waals surface area contributed by atoms with Gasteiger partial charge in [-0.25, -0.2) is 0 Å². The fourth-order valence-corrected chi connectivity index (χ4v) is 3.93. The number of hydrogen-bond acceptors (Lipinski definition) is 5. The fraction of sp³-hybridized carbons (Fsp3) is 0.650. The minimum atomic E-state index is 0.177. The Morgan fingerprint density at radius 3 is 2.38 bits per heavy atom. The summed E-state index contributed by atoms with van der Waals surface area (Å²) in [6, 6.07) is 6.16. The van der Waals surface area contributed by atoms with Crippen LogP contribution in [0.15, 0.2) is 18.2 Å². The summed E-state index contributed by atoms with van der Waals surface area (Å²) >= 11 is 0. The van der Waals surface area contributed by atoms with Crippen molar-refractivity contribution in [2.45, 2.75) is 38.1 Å². The van der Waals surface area contributed by atoms with Crippen LogP contribution in [0.5, 0.6) is 17.2 Å². The smallest absolute Gasteiger partial charge is 0.226 e. The molecule has 1 aliphatic heterocycles. The van der Waals surface area contributed by atoms with Gasteiger partial charge in [-0.1, -0.05) is 12.8 Å². The molecule has 6 heteroatoms. The predicted octanol–water partition coefficient (Wildman–Crippen LogP) is 2.56. The van der Waals surface area contributed by atoms with Crippen molar-refractivity contribution in [3.8, 4) is 17.2 Å². The molecule has 26 heavy (non-hydrogen) atoms. The third-order valence-corrected chi connectivity index (χ3v) is 5.45. The molecule has 1 saturated heterocycles. The Hall–Kier alpha value is -1.95. The molecule has 1 aromatic carbocycles. The van der Waals surface area contributed by atoms with Gasteiger partial charge in [0.05, 0.1) is 27.2 Å². The Morgan fingerprint density at radius 2 is 1.73 bits per heavy atom. The van der Waals surface area contributed by atoms with Crippen LogP contribution < -0.4 is 14.2 Å². The van der Waals surface area contributed by atoms with E-state index in [1.165, 1.54) is 25.7 Å². The van der Waals surface area contributed by atoms with Gasteiger partial charge in [-0.15, -0.1) is 0 Å².